The smallest absolute Gasteiger partial charge is 0.237 e. The van der Waals surface area contributed by atoms with Crippen LogP contribution in [0.5, 0.6) is 5.75 Å². The largest absolute Gasteiger partial charge is 0.492 e. The number of benzene rings is 1. The molecule has 0 spiro atoms. The molecule has 2 unspecified atom stereocenters. The fourth-order valence-corrected chi connectivity index (χ4v) is 1.96. The second-order valence-electron chi connectivity index (χ2n) is 5.70. The average Bonchev–Trinajstić information content (AvgIpc) is 3.22. The van der Waals surface area contributed by atoms with E-state index >= 15 is 0 Å². The fourth-order valence-electron chi connectivity index (χ4n) is 1.96. The van der Waals surface area contributed by atoms with Gasteiger partial charge in [0.2, 0.25) is 5.91 Å². The minimum Gasteiger partial charge on any atom is -0.492 e. The van der Waals surface area contributed by atoms with Gasteiger partial charge < -0.3 is 15.4 Å². The van der Waals surface area contributed by atoms with Crippen LogP contribution in [0.3, 0.4) is 0 Å². The summed E-state index contributed by atoms with van der Waals surface area (Å²) in [5.41, 5.74) is 1.22. The summed E-state index contributed by atoms with van der Waals surface area (Å²) in [7, 11) is 0. The van der Waals surface area contributed by atoms with E-state index in [0.29, 0.717) is 12.6 Å². The first-order valence-corrected chi connectivity index (χ1v) is 7.30. The first-order valence-electron chi connectivity index (χ1n) is 7.30. The van der Waals surface area contributed by atoms with Crippen LogP contribution in [0.4, 0.5) is 0 Å². The lowest BCUT2D eigenvalue weighted by Crippen LogP contribution is -2.47. The van der Waals surface area contributed by atoms with E-state index in [1.165, 1.54) is 5.56 Å². The van der Waals surface area contributed by atoms with Crippen molar-refractivity contribution in [2.24, 2.45) is 0 Å². The Bertz CT molecular complexity index is 440. The van der Waals surface area contributed by atoms with E-state index in [9.17, 15) is 4.79 Å². The first kappa shape index (κ1) is 14.9. The monoisotopic (exact) mass is 276 g/mol. The highest BCUT2D eigenvalue weighted by Crippen LogP contribution is 2.18. The van der Waals surface area contributed by atoms with Gasteiger partial charge in [0.1, 0.15) is 12.4 Å². The number of hydrogen-bond acceptors (Lipinski definition) is 3. The summed E-state index contributed by atoms with van der Waals surface area (Å²) in [5, 5.41) is 6.25. The predicted octanol–water partition coefficient (Wildman–Crippen LogP) is 2.02. The lowest BCUT2D eigenvalue weighted by atomic mass is 10.2. The molecule has 0 heterocycles. The summed E-state index contributed by atoms with van der Waals surface area (Å²) in [6.07, 6.45) is 2.23. The molecule has 2 N–H and O–H groups in total. The van der Waals surface area contributed by atoms with Gasteiger partial charge in [0.15, 0.2) is 0 Å². The second kappa shape index (κ2) is 6.75. The molecule has 1 aromatic rings. The molecule has 0 bridgehead atoms. The number of carbonyl (C=O) groups is 1. The molecule has 2 atom stereocenters. The van der Waals surface area contributed by atoms with Crippen LogP contribution in [0, 0.1) is 6.92 Å². The Morgan fingerprint density at radius 3 is 2.55 bits per heavy atom. The average molecular weight is 276 g/mol. The summed E-state index contributed by atoms with van der Waals surface area (Å²) in [5.74, 6) is 0.939. The third-order valence-electron chi connectivity index (χ3n) is 3.37. The molecule has 4 nitrogen and oxygen atoms in total. The van der Waals surface area contributed by atoms with E-state index in [-0.39, 0.29) is 18.0 Å². The molecule has 1 fully saturated rings. The lowest BCUT2D eigenvalue weighted by Gasteiger charge is -2.20. The topological polar surface area (TPSA) is 50.4 Å². The molecule has 1 amide bonds. The van der Waals surface area contributed by atoms with Crippen molar-refractivity contribution >= 4 is 5.91 Å². The molecule has 1 aromatic carbocycles. The predicted molar refractivity (Wildman–Crippen MR) is 79.9 cm³/mol. The van der Waals surface area contributed by atoms with Crippen LogP contribution in [-0.4, -0.2) is 30.6 Å². The van der Waals surface area contributed by atoms with Gasteiger partial charge in [-0.25, -0.2) is 0 Å². The molecule has 1 aliphatic rings. The maximum absolute atomic E-state index is 11.8. The molecule has 20 heavy (non-hydrogen) atoms. The van der Waals surface area contributed by atoms with Gasteiger partial charge in [0.05, 0.1) is 6.04 Å². The van der Waals surface area contributed by atoms with Gasteiger partial charge in [-0.2, -0.15) is 0 Å². The van der Waals surface area contributed by atoms with Crippen LogP contribution in [-0.2, 0) is 4.79 Å². The molecule has 0 aliphatic heterocycles. The number of amides is 1. The van der Waals surface area contributed by atoms with E-state index in [4.69, 9.17) is 4.74 Å². The van der Waals surface area contributed by atoms with Gasteiger partial charge in [-0.3, -0.25) is 4.79 Å². The van der Waals surface area contributed by atoms with Gasteiger partial charge in [0.25, 0.3) is 0 Å². The molecule has 1 saturated carbocycles. The third-order valence-corrected chi connectivity index (χ3v) is 3.37. The molecule has 0 saturated heterocycles. The van der Waals surface area contributed by atoms with Crippen molar-refractivity contribution in [1.82, 2.24) is 10.6 Å². The minimum atomic E-state index is -0.188. The molecular weight excluding hydrogens is 252 g/mol. The van der Waals surface area contributed by atoms with Crippen molar-refractivity contribution in [2.45, 2.75) is 51.7 Å². The molecule has 4 heteroatoms. The molecule has 1 aliphatic carbocycles. The van der Waals surface area contributed by atoms with Crippen molar-refractivity contribution in [3.63, 3.8) is 0 Å². The number of carbonyl (C=O) groups excluding carboxylic acids is 1. The van der Waals surface area contributed by atoms with Crippen LogP contribution in [0.2, 0.25) is 0 Å². The van der Waals surface area contributed by atoms with Crippen LogP contribution in [0.25, 0.3) is 0 Å². The van der Waals surface area contributed by atoms with Gasteiger partial charge in [-0.1, -0.05) is 17.7 Å². The SMILES string of the molecule is Cc1ccc(OCC(C)NC(C)C(=O)NC2CC2)cc1. The normalized spacial score (nSPS) is 17.4. The highest BCUT2D eigenvalue weighted by molar-refractivity contribution is 5.81. The second-order valence-corrected chi connectivity index (χ2v) is 5.70. The molecule has 2 rings (SSSR count). The van der Waals surface area contributed by atoms with E-state index in [1.807, 2.05) is 45.0 Å². The third kappa shape index (κ3) is 4.85. The fraction of sp³-hybridized carbons (Fsp3) is 0.562. The summed E-state index contributed by atoms with van der Waals surface area (Å²) in [6, 6.07) is 8.32. The Balaban J connectivity index is 1.69. The zero-order valence-electron chi connectivity index (χ0n) is 12.5. The molecule has 110 valence electrons. The highest BCUT2D eigenvalue weighted by Gasteiger charge is 2.25. The van der Waals surface area contributed by atoms with E-state index in [0.717, 1.165) is 18.6 Å². The zero-order chi connectivity index (χ0) is 14.5. The van der Waals surface area contributed by atoms with E-state index in [1.54, 1.807) is 0 Å². The Morgan fingerprint density at radius 1 is 1.30 bits per heavy atom. The Hall–Kier alpha value is -1.55. The molecular formula is C16H24N2O2. The Labute approximate surface area is 120 Å². The number of hydrogen-bond donors (Lipinski definition) is 2. The van der Waals surface area contributed by atoms with Gasteiger partial charge in [-0.15, -0.1) is 0 Å². The van der Waals surface area contributed by atoms with Gasteiger partial charge in [0, 0.05) is 12.1 Å². The van der Waals surface area contributed by atoms with Gasteiger partial charge in [-0.05, 0) is 45.7 Å². The van der Waals surface area contributed by atoms with Crippen molar-refractivity contribution in [2.75, 3.05) is 6.61 Å². The summed E-state index contributed by atoms with van der Waals surface area (Å²) < 4.78 is 5.70. The maximum Gasteiger partial charge on any atom is 0.237 e. The summed E-state index contributed by atoms with van der Waals surface area (Å²) >= 11 is 0. The van der Waals surface area contributed by atoms with Crippen LogP contribution in [0.1, 0.15) is 32.3 Å². The molecule has 0 radical (unpaired) electrons. The standard InChI is InChI=1S/C16H24N2O2/c1-11-4-8-15(9-5-11)20-10-12(2)17-13(3)16(19)18-14-6-7-14/h4-5,8-9,12-14,17H,6-7,10H2,1-3H3,(H,18,19). The zero-order valence-corrected chi connectivity index (χ0v) is 12.5. The minimum absolute atomic E-state index is 0.0784. The van der Waals surface area contributed by atoms with E-state index in [2.05, 4.69) is 10.6 Å². The van der Waals surface area contributed by atoms with Crippen molar-refractivity contribution in [3.8, 4) is 5.75 Å². The quantitative estimate of drug-likeness (QED) is 0.801. The Kier molecular flexibility index (Phi) is 5.01. The van der Waals surface area contributed by atoms with E-state index < -0.39 is 0 Å². The number of nitrogens with one attached hydrogen (secondary N) is 2. The number of rotatable bonds is 7. The maximum atomic E-state index is 11.8. The van der Waals surface area contributed by atoms with Crippen molar-refractivity contribution in [3.05, 3.63) is 29.8 Å². The number of aryl methyl sites for hydroxylation is 1. The van der Waals surface area contributed by atoms with Crippen LogP contribution in [0.15, 0.2) is 24.3 Å². The van der Waals surface area contributed by atoms with Crippen molar-refractivity contribution < 1.29 is 9.53 Å². The Morgan fingerprint density at radius 2 is 1.95 bits per heavy atom. The van der Waals surface area contributed by atoms with Gasteiger partial charge >= 0.3 is 0 Å². The van der Waals surface area contributed by atoms with Crippen LogP contribution < -0.4 is 15.4 Å². The first-order chi connectivity index (χ1) is 9.54. The van der Waals surface area contributed by atoms with Crippen LogP contribution >= 0.6 is 0 Å². The lowest BCUT2D eigenvalue weighted by molar-refractivity contribution is -0.123. The highest BCUT2D eigenvalue weighted by atomic mass is 16.5. The molecule has 0 aromatic heterocycles. The summed E-state index contributed by atoms with van der Waals surface area (Å²) in [4.78, 5) is 11.8. The summed E-state index contributed by atoms with van der Waals surface area (Å²) in [6.45, 7) is 6.51. The van der Waals surface area contributed by atoms with Crippen molar-refractivity contribution in [1.29, 1.82) is 0 Å². The number of ether oxygens (including phenoxy) is 1.